The van der Waals surface area contributed by atoms with E-state index >= 15 is 0 Å². The first-order valence-electron chi connectivity index (χ1n) is 15.7. The average molecular weight is 664 g/mol. The summed E-state index contributed by atoms with van der Waals surface area (Å²) in [5, 5.41) is 11.6. The first kappa shape index (κ1) is 40.4. The summed E-state index contributed by atoms with van der Waals surface area (Å²) >= 11 is 0. The van der Waals surface area contributed by atoms with Crippen molar-refractivity contribution in [2.75, 3.05) is 20.3 Å². The third-order valence-corrected chi connectivity index (χ3v) is 23.9. The summed E-state index contributed by atoms with van der Waals surface area (Å²) < 4.78 is 33.9. The monoisotopic (exact) mass is 663 g/mol. The molecule has 254 valence electrons. The number of methoxy groups -OCH3 is 1. The zero-order valence-electron chi connectivity index (χ0n) is 30.4. The van der Waals surface area contributed by atoms with Crippen LogP contribution in [0.3, 0.4) is 0 Å². The molecule has 2 N–H and O–H groups in total. The molecular formula is C31H65NO8Si3. The van der Waals surface area contributed by atoms with Gasteiger partial charge in [0.15, 0.2) is 25.0 Å². The Kier molecular flexibility index (Phi) is 13.2. The van der Waals surface area contributed by atoms with Gasteiger partial charge in [-0.25, -0.2) is 0 Å². The van der Waals surface area contributed by atoms with Crippen LogP contribution in [0.15, 0.2) is 0 Å². The van der Waals surface area contributed by atoms with Gasteiger partial charge in [0, 0.05) is 20.0 Å². The summed E-state index contributed by atoms with van der Waals surface area (Å²) in [4.78, 5) is 23.6. The van der Waals surface area contributed by atoms with E-state index in [2.05, 4.69) is 107 Å². The standard InChI is InChI=1S/C31H65NO8Si3/c1-22(27(34)35)32-25(33)20-37-21-31(36-11)18-23(38-41(12,13)28(2,3)4)26(40-43(16,17)30(8,9)10)24(19-31)39-42(14,15)29(5,6)7/h22-24,26H,18-21H2,1-17H3,(H,32,33)(H,34,35)/t22-,23?,24?,26?,31?/m0/s1. The summed E-state index contributed by atoms with van der Waals surface area (Å²) in [6, 6.07) is -1.000. The van der Waals surface area contributed by atoms with Crippen molar-refractivity contribution in [2.24, 2.45) is 0 Å². The molecule has 2 unspecified atom stereocenters. The highest BCUT2D eigenvalue weighted by Crippen LogP contribution is 2.47. The van der Waals surface area contributed by atoms with Crippen LogP contribution in [-0.4, -0.2) is 92.2 Å². The Morgan fingerprint density at radius 1 is 0.791 bits per heavy atom. The Balaban J connectivity index is 3.60. The van der Waals surface area contributed by atoms with E-state index in [9.17, 15) is 9.59 Å². The van der Waals surface area contributed by atoms with Gasteiger partial charge >= 0.3 is 5.97 Å². The number of aliphatic carboxylic acids is 1. The van der Waals surface area contributed by atoms with E-state index in [1.165, 1.54) is 6.92 Å². The Hall–Kier alpha value is -0.609. The number of amides is 1. The zero-order chi connectivity index (χ0) is 34.0. The molecule has 1 fully saturated rings. The van der Waals surface area contributed by atoms with Gasteiger partial charge in [0.1, 0.15) is 12.6 Å². The maximum atomic E-state index is 12.4. The fourth-order valence-electron chi connectivity index (χ4n) is 4.30. The second-order valence-electron chi connectivity index (χ2n) is 17.1. The largest absolute Gasteiger partial charge is 0.480 e. The molecule has 0 spiro atoms. The zero-order valence-corrected chi connectivity index (χ0v) is 33.4. The summed E-state index contributed by atoms with van der Waals surface area (Å²) in [6.07, 6.45) is 0.164. The number of hydrogen-bond acceptors (Lipinski definition) is 7. The van der Waals surface area contributed by atoms with Gasteiger partial charge in [-0.15, -0.1) is 0 Å². The highest BCUT2D eigenvalue weighted by Gasteiger charge is 2.55. The van der Waals surface area contributed by atoms with Crippen LogP contribution in [0.2, 0.25) is 54.4 Å². The molecule has 0 heterocycles. The number of carbonyl (C=O) groups excluding carboxylic acids is 1. The van der Waals surface area contributed by atoms with Gasteiger partial charge in [-0.3, -0.25) is 9.59 Å². The third kappa shape index (κ3) is 10.7. The number of hydrogen-bond donors (Lipinski definition) is 2. The predicted octanol–water partition coefficient (Wildman–Crippen LogP) is 6.94. The summed E-state index contributed by atoms with van der Waals surface area (Å²) in [5.74, 6) is -1.59. The lowest BCUT2D eigenvalue weighted by atomic mass is 9.80. The SMILES string of the molecule is COC1(COCC(=O)N[C@@H](C)C(=O)O)CC(O[Si](C)(C)C(C)(C)C)C(O[Si](C)(C)C(C)(C)C)C(O[Si](C)(C)C(C)(C)C)C1. The molecule has 1 saturated carbocycles. The fourth-order valence-corrected chi connectivity index (χ4v) is 8.30. The second kappa shape index (κ2) is 14.0. The fraction of sp³-hybridized carbons (Fsp3) is 0.935. The number of nitrogens with one attached hydrogen (secondary N) is 1. The van der Waals surface area contributed by atoms with Crippen molar-refractivity contribution in [1.29, 1.82) is 0 Å². The van der Waals surface area contributed by atoms with Gasteiger partial charge in [0.25, 0.3) is 0 Å². The summed E-state index contributed by atoms with van der Waals surface area (Å²) in [6.45, 7) is 35.0. The van der Waals surface area contributed by atoms with E-state index in [0.717, 1.165) is 0 Å². The van der Waals surface area contributed by atoms with Gasteiger partial charge in [-0.2, -0.15) is 0 Å². The van der Waals surface area contributed by atoms with Crippen LogP contribution in [0.1, 0.15) is 82.1 Å². The second-order valence-corrected chi connectivity index (χ2v) is 31.4. The molecule has 43 heavy (non-hydrogen) atoms. The summed E-state index contributed by atoms with van der Waals surface area (Å²) in [7, 11) is -5.08. The molecule has 1 aliphatic rings. The van der Waals surface area contributed by atoms with Crippen molar-refractivity contribution in [3.63, 3.8) is 0 Å². The highest BCUT2D eigenvalue weighted by atomic mass is 28.4. The van der Waals surface area contributed by atoms with Gasteiger partial charge in [0.2, 0.25) is 5.91 Å². The van der Waals surface area contributed by atoms with E-state index in [1.807, 2.05) is 0 Å². The lowest BCUT2D eigenvalue weighted by Gasteiger charge is -2.54. The highest BCUT2D eigenvalue weighted by molar-refractivity contribution is 6.75. The molecule has 0 radical (unpaired) electrons. The van der Waals surface area contributed by atoms with Crippen molar-refractivity contribution in [2.45, 2.75) is 166 Å². The Labute approximate surface area is 265 Å². The van der Waals surface area contributed by atoms with Crippen LogP contribution >= 0.6 is 0 Å². The van der Waals surface area contributed by atoms with E-state index < -0.39 is 48.5 Å². The van der Waals surface area contributed by atoms with Crippen LogP contribution in [-0.2, 0) is 32.3 Å². The molecule has 9 nitrogen and oxygen atoms in total. The number of carbonyl (C=O) groups is 2. The van der Waals surface area contributed by atoms with Crippen molar-refractivity contribution in [3.8, 4) is 0 Å². The van der Waals surface area contributed by atoms with E-state index in [1.54, 1.807) is 7.11 Å². The molecular weight excluding hydrogens is 599 g/mol. The number of carboxylic acids is 1. The van der Waals surface area contributed by atoms with Crippen LogP contribution in [0.4, 0.5) is 0 Å². The predicted molar refractivity (Wildman–Crippen MR) is 181 cm³/mol. The molecule has 12 heteroatoms. The van der Waals surface area contributed by atoms with Crippen LogP contribution in [0, 0.1) is 0 Å². The Morgan fingerprint density at radius 2 is 1.16 bits per heavy atom. The van der Waals surface area contributed by atoms with E-state index in [-0.39, 0.29) is 46.6 Å². The third-order valence-electron chi connectivity index (χ3n) is 10.4. The Morgan fingerprint density at radius 3 is 1.49 bits per heavy atom. The topological polar surface area (TPSA) is 113 Å². The van der Waals surface area contributed by atoms with E-state index in [4.69, 9.17) is 27.9 Å². The molecule has 1 amide bonds. The molecule has 1 rings (SSSR count). The molecule has 0 aromatic heterocycles. The molecule has 1 aliphatic carbocycles. The molecule has 0 aromatic rings. The van der Waals surface area contributed by atoms with Gasteiger partial charge in [-0.05, 0) is 61.3 Å². The average Bonchev–Trinajstić information content (AvgIpc) is 2.78. The van der Waals surface area contributed by atoms with Crippen LogP contribution < -0.4 is 5.32 Å². The lowest BCUT2D eigenvalue weighted by molar-refractivity contribution is -0.176. The lowest BCUT2D eigenvalue weighted by Crippen LogP contribution is -2.64. The maximum Gasteiger partial charge on any atom is 0.325 e. The van der Waals surface area contributed by atoms with Gasteiger partial charge in [-0.1, -0.05) is 62.3 Å². The molecule has 0 bridgehead atoms. The first-order valence-corrected chi connectivity index (χ1v) is 24.4. The minimum absolute atomic E-state index is 0.00456. The number of carboxylic acid groups (broad SMARTS) is 1. The van der Waals surface area contributed by atoms with Crippen LogP contribution in [0.25, 0.3) is 0 Å². The first-order chi connectivity index (χ1) is 19.0. The molecule has 0 aromatic carbocycles. The van der Waals surface area contributed by atoms with Crippen LogP contribution in [0.5, 0.6) is 0 Å². The Bertz CT molecular complexity index is 912. The minimum Gasteiger partial charge on any atom is -0.480 e. The smallest absolute Gasteiger partial charge is 0.325 e. The van der Waals surface area contributed by atoms with E-state index in [0.29, 0.717) is 12.8 Å². The number of rotatable bonds is 13. The van der Waals surface area contributed by atoms with Gasteiger partial charge in [0.05, 0.1) is 30.5 Å². The number of ether oxygens (including phenoxy) is 2. The molecule has 0 aliphatic heterocycles. The molecule has 3 atom stereocenters. The van der Waals surface area contributed by atoms with Crippen molar-refractivity contribution < 1.29 is 37.4 Å². The molecule has 0 saturated heterocycles. The van der Waals surface area contributed by atoms with Crippen molar-refractivity contribution >= 4 is 36.8 Å². The summed E-state index contributed by atoms with van der Waals surface area (Å²) in [5.41, 5.74) is -0.786. The van der Waals surface area contributed by atoms with Crippen molar-refractivity contribution in [3.05, 3.63) is 0 Å². The quantitative estimate of drug-likeness (QED) is 0.204. The normalized spacial score (nSPS) is 25.4. The van der Waals surface area contributed by atoms with Crippen molar-refractivity contribution in [1.82, 2.24) is 5.32 Å². The minimum atomic E-state index is -2.26. The van der Waals surface area contributed by atoms with Gasteiger partial charge < -0.3 is 33.2 Å². The maximum absolute atomic E-state index is 12.4.